The molecule has 0 spiro atoms. The van der Waals surface area contributed by atoms with Crippen LogP contribution in [0.4, 0.5) is 4.39 Å². The summed E-state index contributed by atoms with van der Waals surface area (Å²) in [6.45, 7) is 4.89. The maximum atomic E-state index is 13.9. The summed E-state index contributed by atoms with van der Waals surface area (Å²) in [5.74, 6) is 1.21. The Morgan fingerprint density at radius 1 is 1.19 bits per heavy atom. The second kappa shape index (κ2) is 7.19. The van der Waals surface area contributed by atoms with E-state index in [0.29, 0.717) is 17.5 Å². The predicted octanol–water partition coefficient (Wildman–Crippen LogP) is 2.96. The summed E-state index contributed by atoms with van der Waals surface area (Å²) in [4.78, 5) is 10.6. The molecule has 2 fully saturated rings. The maximum absolute atomic E-state index is 13.9. The first-order valence-electron chi connectivity index (χ1n) is 9.23. The lowest BCUT2D eigenvalue weighted by molar-refractivity contribution is 0.177. The molecular formula is C20H24FN3O2. The smallest absolute Gasteiger partial charge is 0.255 e. The minimum Gasteiger partial charge on any atom is -0.506 e. The van der Waals surface area contributed by atoms with E-state index >= 15 is 0 Å². The number of fused-ring (bicyclic) bond motifs is 1. The van der Waals surface area contributed by atoms with Crippen LogP contribution >= 0.6 is 0 Å². The number of aryl methyl sites for hydroxylation is 1. The molecule has 1 aliphatic heterocycles. The van der Waals surface area contributed by atoms with Gasteiger partial charge in [0, 0.05) is 37.4 Å². The first kappa shape index (κ1) is 17.2. The largest absolute Gasteiger partial charge is 0.506 e. The Morgan fingerprint density at radius 2 is 1.96 bits per heavy atom. The molecule has 3 heterocycles. The third kappa shape index (κ3) is 3.80. The molecule has 0 amide bonds. The van der Waals surface area contributed by atoms with Crippen molar-refractivity contribution in [2.24, 2.45) is 11.8 Å². The van der Waals surface area contributed by atoms with E-state index in [-0.39, 0.29) is 17.6 Å². The van der Waals surface area contributed by atoms with Crippen LogP contribution in [0.25, 0.3) is 0 Å². The molecule has 0 radical (unpaired) electrons. The van der Waals surface area contributed by atoms with Crippen LogP contribution in [0.3, 0.4) is 0 Å². The van der Waals surface area contributed by atoms with Crippen molar-refractivity contribution in [2.45, 2.75) is 32.3 Å². The van der Waals surface area contributed by atoms with E-state index in [9.17, 15) is 9.50 Å². The lowest BCUT2D eigenvalue weighted by Gasteiger charge is -2.19. The monoisotopic (exact) mass is 357 g/mol. The standard InChI is InChI=1S/C20H24FN3O2/c1-13-2-5-19(20(21)23-13)26-18-8-14-11-24(12-15(14)9-18)7-6-16-3-4-17(25)10-22-16/h2-5,10,14-15,18,25H,6-9,11-12H2,1H3/t14-,15+,18?. The molecule has 0 bridgehead atoms. The van der Waals surface area contributed by atoms with Gasteiger partial charge in [0.2, 0.25) is 0 Å². The zero-order valence-corrected chi connectivity index (χ0v) is 14.9. The topological polar surface area (TPSA) is 58.5 Å². The van der Waals surface area contributed by atoms with Gasteiger partial charge in [-0.15, -0.1) is 0 Å². The zero-order chi connectivity index (χ0) is 18.1. The molecule has 1 saturated carbocycles. The quantitative estimate of drug-likeness (QED) is 0.834. The molecule has 26 heavy (non-hydrogen) atoms. The van der Waals surface area contributed by atoms with Crippen LogP contribution in [0.2, 0.25) is 0 Å². The summed E-state index contributed by atoms with van der Waals surface area (Å²) >= 11 is 0. The number of pyridine rings is 2. The average molecular weight is 357 g/mol. The van der Waals surface area contributed by atoms with Gasteiger partial charge in [0.05, 0.1) is 12.3 Å². The molecule has 6 heteroatoms. The van der Waals surface area contributed by atoms with Crippen molar-refractivity contribution < 1.29 is 14.2 Å². The van der Waals surface area contributed by atoms with Crippen molar-refractivity contribution in [1.29, 1.82) is 0 Å². The third-order valence-electron chi connectivity index (χ3n) is 5.52. The van der Waals surface area contributed by atoms with Crippen molar-refractivity contribution in [3.8, 4) is 11.5 Å². The van der Waals surface area contributed by atoms with E-state index in [0.717, 1.165) is 44.6 Å². The first-order valence-corrected chi connectivity index (χ1v) is 9.23. The Kier molecular flexibility index (Phi) is 4.76. The van der Waals surface area contributed by atoms with Gasteiger partial charge in [-0.3, -0.25) is 4.98 Å². The van der Waals surface area contributed by atoms with Crippen LogP contribution in [0, 0.1) is 24.7 Å². The van der Waals surface area contributed by atoms with Crippen molar-refractivity contribution >= 4 is 0 Å². The Labute approximate surface area is 152 Å². The molecule has 5 nitrogen and oxygen atoms in total. The van der Waals surface area contributed by atoms with E-state index in [4.69, 9.17) is 4.74 Å². The lowest BCUT2D eigenvalue weighted by Crippen LogP contribution is -2.26. The van der Waals surface area contributed by atoms with Gasteiger partial charge in [0.25, 0.3) is 5.95 Å². The van der Waals surface area contributed by atoms with Crippen molar-refractivity contribution in [3.63, 3.8) is 0 Å². The number of aromatic nitrogens is 2. The van der Waals surface area contributed by atoms with Gasteiger partial charge in [-0.25, -0.2) is 4.98 Å². The summed E-state index contributed by atoms with van der Waals surface area (Å²) in [6, 6.07) is 7.03. The van der Waals surface area contributed by atoms with E-state index in [1.54, 1.807) is 25.1 Å². The van der Waals surface area contributed by atoms with Crippen molar-refractivity contribution in [1.82, 2.24) is 14.9 Å². The highest BCUT2D eigenvalue weighted by molar-refractivity contribution is 5.22. The maximum Gasteiger partial charge on any atom is 0.255 e. The third-order valence-corrected chi connectivity index (χ3v) is 5.52. The van der Waals surface area contributed by atoms with Crippen LogP contribution in [0.15, 0.2) is 30.5 Å². The number of likely N-dealkylation sites (tertiary alicyclic amines) is 1. The van der Waals surface area contributed by atoms with Crippen LogP contribution in [0.5, 0.6) is 11.5 Å². The summed E-state index contributed by atoms with van der Waals surface area (Å²) < 4.78 is 19.8. The number of nitrogens with zero attached hydrogens (tertiary/aromatic N) is 3. The Balaban J connectivity index is 1.26. The number of aromatic hydroxyl groups is 1. The summed E-state index contributed by atoms with van der Waals surface area (Å²) in [6.07, 6.45) is 4.43. The summed E-state index contributed by atoms with van der Waals surface area (Å²) in [5, 5.41) is 9.29. The van der Waals surface area contributed by atoms with Crippen LogP contribution in [-0.4, -0.2) is 45.7 Å². The molecule has 2 aliphatic rings. The van der Waals surface area contributed by atoms with Gasteiger partial charge in [0.1, 0.15) is 5.75 Å². The molecule has 1 saturated heterocycles. The minimum atomic E-state index is -0.509. The molecule has 138 valence electrons. The average Bonchev–Trinajstić information content (AvgIpc) is 3.15. The second-order valence-corrected chi connectivity index (χ2v) is 7.49. The van der Waals surface area contributed by atoms with Gasteiger partial charge in [-0.1, -0.05) is 0 Å². The van der Waals surface area contributed by atoms with Crippen molar-refractivity contribution in [3.05, 3.63) is 47.8 Å². The fourth-order valence-electron chi connectivity index (χ4n) is 4.24. The Hall–Kier alpha value is -2.21. The van der Waals surface area contributed by atoms with Gasteiger partial charge in [-0.05, 0) is 55.9 Å². The molecule has 1 aliphatic carbocycles. The van der Waals surface area contributed by atoms with E-state index < -0.39 is 5.95 Å². The zero-order valence-electron chi connectivity index (χ0n) is 14.9. The first-order chi connectivity index (χ1) is 12.6. The molecule has 1 N–H and O–H groups in total. The summed E-state index contributed by atoms with van der Waals surface area (Å²) in [7, 11) is 0. The fourth-order valence-corrected chi connectivity index (χ4v) is 4.24. The molecule has 0 aromatic carbocycles. The van der Waals surface area contributed by atoms with E-state index in [2.05, 4.69) is 14.9 Å². The lowest BCUT2D eigenvalue weighted by atomic mass is 10.0. The SMILES string of the molecule is Cc1ccc(OC2C[C@@H]3CN(CCc4ccc(O)cn4)C[C@@H]3C2)c(F)n1. The molecule has 2 aromatic heterocycles. The number of rotatable bonds is 5. The van der Waals surface area contributed by atoms with Gasteiger partial charge in [-0.2, -0.15) is 4.39 Å². The van der Waals surface area contributed by atoms with Crippen LogP contribution < -0.4 is 4.74 Å². The second-order valence-electron chi connectivity index (χ2n) is 7.49. The van der Waals surface area contributed by atoms with Crippen LogP contribution in [-0.2, 0) is 6.42 Å². The Bertz CT molecular complexity index is 754. The van der Waals surface area contributed by atoms with Crippen LogP contribution in [0.1, 0.15) is 24.2 Å². The fraction of sp³-hybridized carbons (Fsp3) is 0.500. The van der Waals surface area contributed by atoms with E-state index in [1.807, 2.05) is 6.07 Å². The molecule has 4 rings (SSSR count). The number of halogens is 1. The molecule has 3 atom stereocenters. The number of ether oxygens (including phenoxy) is 1. The Morgan fingerprint density at radius 3 is 2.62 bits per heavy atom. The van der Waals surface area contributed by atoms with Gasteiger partial charge >= 0.3 is 0 Å². The highest BCUT2D eigenvalue weighted by atomic mass is 19.1. The minimum absolute atomic E-state index is 0.0879. The van der Waals surface area contributed by atoms with Gasteiger partial charge < -0.3 is 14.7 Å². The van der Waals surface area contributed by atoms with Crippen molar-refractivity contribution in [2.75, 3.05) is 19.6 Å². The molecule has 2 aromatic rings. The predicted molar refractivity (Wildman–Crippen MR) is 95.6 cm³/mol. The highest BCUT2D eigenvalue weighted by Gasteiger charge is 2.41. The molecule has 1 unspecified atom stereocenters. The number of hydrogen-bond acceptors (Lipinski definition) is 5. The number of hydrogen-bond donors (Lipinski definition) is 1. The molecular weight excluding hydrogens is 333 g/mol. The highest BCUT2D eigenvalue weighted by Crippen LogP contribution is 2.40. The summed E-state index contributed by atoms with van der Waals surface area (Å²) in [5.41, 5.74) is 1.67. The van der Waals surface area contributed by atoms with Gasteiger partial charge in [0.15, 0.2) is 5.75 Å². The normalized spacial score (nSPS) is 25.4. The van der Waals surface area contributed by atoms with E-state index in [1.165, 1.54) is 6.20 Å².